The molecule has 33 heavy (non-hydrogen) atoms. The molecule has 1 atom stereocenters. The zero-order valence-electron chi connectivity index (χ0n) is 16.3. The number of amides is 1. The second-order valence-electron chi connectivity index (χ2n) is 6.81. The number of nitrogens with zero attached hydrogens (tertiary/aromatic N) is 2. The van der Waals surface area contributed by atoms with E-state index in [1.165, 1.54) is 36.7 Å². The van der Waals surface area contributed by atoms with Crippen LogP contribution in [0.25, 0.3) is 22.4 Å². The van der Waals surface area contributed by atoms with Crippen LogP contribution >= 0.6 is 0 Å². The summed E-state index contributed by atoms with van der Waals surface area (Å²) in [6, 6.07) is 8.46. The lowest BCUT2D eigenvalue weighted by molar-refractivity contribution is -0.121. The van der Waals surface area contributed by atoms with E-state index >= 15 is 0 Å². The second kappa shape index (κ2) is 8.77. The summed E-state index contributed by atoms with van der Waals surface area (Å²) < 4.78 is 82.0. The van der Waals surface area contributed by atoms with E-state index < -0.39 is 46.7 Å². The van der Waals surface area contributed by atoms with Crippen LogP contribution in [0, 0.1) is 29.1 Å². The van der Waals surface area contributed by atoms with Crippen LogP contribution < -0.4 is 5.32 Å². The largest absolute Gasteiger partial charge is 0.306 e. The van der Waals surface area contributed by atoms with E-state index in [-0.39, 0.29) is 17.4 Å². The summed E-state index contributed by atoms with van der Waals surface area (Å²) in [6.07, 6.45) is 0.00499. The highest BCUT2D eigenvalue weighted by molar-refractivity contribution is 6.00. The molecule has 0 aliphatic rings. The van der Waals surface area contributed by atoms with Crippen molar-refractivity contribution in [3.8, 4) is 22.4 Å². The molecule has 5 nitrogen and oxygen atoms in total. The number of hydrogen-bond donors (Lipinski definition) is 2. The molecular formula is C22H12F6N4O. The molecule has 1 unspecified atom stereocenters. The zero-order chi connectivity index (χ0) is 23.7. The second-order valence-corrected chi connectivity index (χ2v) is 6.81. The number of anilines is 1. The van der Waals surface area contributed by atoms with Crippen LogP contribution in [0.1, 0.15) is 11.7 Å². The van der Waals surface area contributed by atoms with Gasteiger partial charge >= 0.3 is 0 Å². The maximum absolute atomic E-state index is 14.7. The number of carbonyl (C=O) groups excluding carboxylic acids is 1. The lowest BCUT2D eigenvalue weighted by Gasteiger charge is -2.12. The number of hydrogen-bond acceptors (Lipinski definition) is 3. The van der Waals surface area contributed by atoms with Crippen LogP contribution in [0.5, 0.6) is 0 Å². The molecule has 0 spiro atoms. The monoisotopic (exact) mass is 462 g/mol. The Bertz CT molecular complexity index is 1330. The molecular weight excluding hydrogens is 450 g/mol. The number of pyridine rings is 1. The van der Waals surface area contributed by atoms with Crippen molar-refractivity contribution in [3.63, 3.8) is 0 Å². The van der Waals surface area contributed by atoms with Gasteiger partial charge in [0.15, 0.2) is 29.1 Å². The number of carbonyl (C=O) groups is 1. The molecule has 2 aromatic carbocycles. The Hall–Kier alpha value is -4.15. The maximum Gasteiger partial charge on any atom is 0.264 e. The third kappa shape index (κ3) is 4.16. The van der Waals surface area contributed by atoms with E-state index in [0.717, 1.165) is 0 Å². The number of H-pyrrole nitrogens is 1. The van der Waals surface area contributed by atoms with Crippen LogP contribution in [0.2, 0.25) is 0 Å². The van der Waals surface area contributed by atoms with Gasteiger partial charge in [0.2, 0.25) is 6.17 Å². The molecule has 0 radical (unpaired) electrons. The smallest absolute Gasteiger partial charge is 0.264 e. The van der Waals surface area contributed by atoms with Crippen LogP contribution in [-0.4, -0.2) is 21.1 Å². The summed E-state index contributed by atoms with van der Waals surface area (Å²) in [6.45, 7) is 0. The van der Waals surface area contributed by atoms with E-state index in [2.05, 4.69) is 20.5 Å². The third-order valence-electron chi connectivity index (χ3n) is 4.74. The first kappa shape index (κ1) is 22.1. The van der Waals surface area contributed by atoms with Gasteiger partial charge in [-0.05, 0) is 48.0 Å². The number of aromatic nitrogens is 3. The minimum atomic E-state index is -2.88. The molecule has 0 aliphatic heterocycles. The maximum atomic E-state index is 14.7. The Morgan fingerprint density at radius 3 is 2.21 bits per heavy atom. The SMILES string of the molecule is O=C(Nc1n[nH]c(-c2ccc(F)cc2)c1-c1ccncc1)C(F)c1cc(F)c(F)c(F)c1F. The number of alkyl halides is 1. The Morgan fingerprint density at radius 2 is 1.55 bits per heavy atom. The minimum Gasteiger partial charge on any atom is -0.306 e. The molecule has 0 aliphatic carbocycles. The van der Waals surface area contributed by atoms with Crippen molar-refractivity contribution in [2.45, 2.75) is 6.17 Å². The quantitative estimate of drug-likeness (QED) is 0.234. The number of aromatic amines is 1. The van der Waals surface area contributed by atoms with Gasteiger partial charge in [-0.1, -0.05) is 0 Å². The molecule has 0 fully saturated rings. The normalized spacial score (nSPS) is 11.9. The predicted molar refractivity (Wildman–Crippen MR) is 106 cm³/mol. The topological polar surface area (TPSA) is 70.7 Å². The molecule has 2 N–H and O–H groups in total. The van der Waals surface area contributed by atoms with Gasteiger partial charge in [0.25, 0.3) is 5.91 Å². The van der Waals surface area contributed by atoms with Gasteiger partial charge < -0.3 is 5.32 Å². The van der Waals surface area contributed by atoms with E-state index in [4.69, 9.17) is 0 Å². The van der Waals surface area contributed by atoms with Gasteiger partial charge in [-0.2, -0.15) is 5.10 Å². The Morgan fingerprint density at radius 1 is 0.879 bits per heavy atom. The fraction of sp³-hybridized carbons (Fsp3) is 0.0455. The van der Waals surface area contributed by atoms with Crippen LogP contribution in [-0.2, 0) is 4.79 Å². The average molecular weight is 462 g/mol. The molecule has 0 saturated carbocycles. The van der Waals surface area contributed by atoms with Crippen molar-refractivity contribution in [1.82, 2.24) is 15.2 Å². The summed E-state index contributed by atoms with van der Waals surface area (Å²) in [4.78, 5) is 16.3. The van der Waals surface area contributed by atoms with E-state index in [1.807, 2.05) is 0 Å². The molecule has 4 rings (SSSR count). The molecule has 0 bridgehead atoms. The van der Waals surface area contributed by atoms with Crippen molar-refractivity contribution < 1.29 is 31.1 Å². The number of halogens is 6. The van der Waals surface area contributed by atoms with E-state index in [0.29, 0.717) is 16.8 Å². The fourth-order valence-corrected chi connectivity index (χ4v) is 3.15. The minimum absolute atomic E-state index is 0.0657. The first-order chi connectivity index (χ1) is 15.8. The van der Waals surface area contributed by atoms with Gasteiger partial charge in [0.05, 0.1) is 11.3 Å². The standard InChI is InChI=1S/C22H12F6N4O/c23-12-3-1-11(2-4-12)20-15(10-5-7-29-8-6-10)21(32-31-20)30-22(33)17(26)13-9-14(24)18(27)19(28)16(13)25/h1-9,17H,(H2,30,31,32,33). The Balaban J connectivity index is 1.73. The highest BCUT2D eigenvalue weighted by atomic mass is 19.2. The third-order valence-corrected chi connectivity index (χ3v) is 4.74. The van der Waals surface area contributed by atoms with Gasteiger partial charge in [0, 0.05) is 23.5 Å². The summed E-state index contributed by atoms with van der Waals surface area (Å²) in [5.74, 6) is -10.4. The van der Waals surface area contributed by atoms with Crippen molar-refractivity contribution >= 4 is 11.7 Å². The summed E-state index contributed by atoms with van der Waals surface area (Å²) in [5, 5.41) is 8.73. The average Bonchev–Trinajstić information content (AvgIpc) is 3.24. The van der Waals surface area contributed by atoms with Gasteiger partial charge in [-0.3, -0.25) is 14.9 Å². The van der Waals surface area contributed by atoms with E-state index in [9.17, 15) is 31.1 Å². The Kier molecular flexibility index (Phi) is 5.86. The molecule has 2 heterocycles. The molecule has 1 amide bonds. The number of rotatable bonds is 5. The lowest BCUT2D eigenvalue weighted by Crippen LogP contribution is -2.20. The van der Waals surface area contributed by atoms with Crippen molar-refractivity contribution in [1.29, 1.82) is 0 Å². The van der Waals surface area contributed by atoms with Gasteiger partial charge in [-0.25, -0.2) is 26.3 Å². The van der Waals surface area contributed by atoms with Crippen LogP contribution in [0.15, 0.2) is 54.9 Å². The Labute approximate surface area is 182 Å². The van der Waals surface area contributed by atoms with Crippen LogP contribution in [0.3, 0.4) is 0 Å². The lowest BCUT2D eigenvalue weighted by atomic mass is 10.0. The summed E-state index contributed by atoms with van der Waals surface area (Å²) in [5.41, 5.74) is 0.234. The number of nitrogens with one attached hydrogen (secondary N) is 2. The van der Waals surface area contributed by atoms with E-state index in [1.54, 1.807) is 12.1 Å². The molecule has 2 aromatic heterocycles. The highest BCUT2D eigenvalue weighted by Crippen LogP contribution is 2.37. The zero-order valence-corrected chi connectivity index (χ0v) is 16.3. The van der Waals surface area contributed by atoms with Crippen molar-refractivity contribution in [2.24, 2.45) is 0 Å². The molecule has 11 heteroatoms. The van der Waals surface area contributed by atoms with Crippen molar-refractivity contribution in [2.75, 3.05) is 5.32 Å². The molecule has 0 saturated heterocycles. The van der Waals surface area contributed by atoms with Crippen molar-refractivity contribution in [3.05, 3.63) is 89.5 Å². The summed E-state index contributed by atoms with van der Waals surface area (Å²) >= 11 is 0. The highest BCUT2D eigenvalue weighted by Gasteiger charge is 2.30. The first-order valence-electron chi connectivity index (χ1n) is 9.30. The van der Waals surface area contributed by atoms with Gasteiger partial charge in [0.1, 0.15) is 5.82 Å². The molecule has 4 aromatic rings. The van der Waals surface area contributed by atoms with Gasteiger partial charge in [-0.15, -0.1) is 0 Å². The fourth-order valence-electron chi connectivity index (χ4n) is 3.15. The first-order valence-corrected chi connectivity index (χ1v) is 9.30. The summed E-state index contributed by atoms with van der Waals surface area (Å²) in [7, 11) is 0. The number of benzene rings is 2. The molecule has 168 valence electrons. The predicted octanol–water partition coefficient (Wildman–Crippen LogP) is 5.48. The van der Waals surface area contributed by atoms with Crippen LogP contribution in [0.4, 0.5) is 32.2 Å².